The van der Waals surface area contributed by atoms with Crippen LogP contribution in [0.4, 0.5) is 0 Å². The van der Waals surface area contributed by atoms with Gasteiger partial charge in [0.1, 0.15) is 10.6 Å². The van der Waals surface area contributed by atoms with Crippen molar-refractivity contribution in [1.82, 2.24) is 14.9 Å². The largest absolute Gasteiger partial charge is 0.491 e. The van der Waals surface area contributed by atoms with E-state index in [9.17, 15) is 9.59 Å². The molecule has 0 fully saturated rings. The Morgan fingerprint density at radius 2 is 2.00 bits per heavy atom. The first kappa shape index (κ1) is 18.1. The Morgan fingerprint density at radius 3 is 2.65 bits per heavy atom. The van der Waals surface area contributed by atoms with Crippen molar-refractivity contribution in [1.29, 1.82) is 0 Å². The van der Waals surface area contributed by atoms with Gasteiger partial charge in [-0.2, -0.15) is 0 Å². The smallest absolute Gasteiger partial charge is 0.262 e. The molecule has 0 aliphatic heterocycles. The minimum Gasteiger partial charge on any atom is -0.491 e. The van der Waals surface area contributed by atoms with Crippen molar-refractivity contribution in [2.45, 2.75) is 33.4 Å². The molecular formula is C19H21N3O3S. The number of hydrogen-bond donors (Lipinski definition) is 1. The molecule has 26 heavy (non-hydrogen) atoms. The van der Waals surface area contributed by atoms with Crippen LogP contribution in [0.25, 0.3) is 10.2 Å². The number of fused-ring (bicyclic) bond motifs is 1. The fourth-order valence-corrected chi connectivity index (χ4v) is 3.70. The van der Waals surface area contributed by atoms with Crippen molar-refractivity contribution in [3.05, 3.63) is 57.0 Å². The molecule has 0 aliphatic carbocycles. The summed E-state index contributed by atoms with van der Waals surface area (Å²) >= 11 is 1.24. The Hall–Kier alpha value is -2.67. The van der Waals surface area contributed by atoms with Gasteiger partial charge in [0, 0.05) is 13.6 Å². The van der Waals surface area contributed by atoms with Crippen LogP contribution in [0.5, 0.6) is 5.75 Å². The average Bonchev–Trinajstić information content (AvgIpc) is 2.94. The molecule has 1 amide bonds. The lowest BCUT2D eigenvalue weighted by molar-refractivity contribution is 0.0954. The van der Waals surface area contributed by atoms with E-state index >= 15 is 0 Å². The Labute approximate surface area is 155 Å². The number of nitrogens with zero attached hydrogens (tertiary/aromatic N) is 2. The van der Waals surface area contributed by atoms with Gasteiger partial charge in [-0.15, -0.1) is 11.3 Å². The second kappa shape index (κ2) is 7.29. The maximum Gasteiger partial charge on any atom is 0.262 e. The minimum absolute atomic E-state index is 0.123. The number of benzene rings is 1. The number of aromatic nitrogens is 2. The maximum absolute atomic E-state index is 12.6. The van der Waals surface area contributed by atoms with Gasteiger partial charge in [0.05, 0.1) is 22.7 Å². The summed E-state index contributed by atoms with van der Waals surface area (Å²) in [5.41, 5.74) is 1.52. The Balaban J connectivity index is 1.74. The van der Waals surface area contributed by atoms with Crippen LogP contribution in [0.2, 0.25) is 0 Å². The standard InChI is InChI=1S/C19H21N3O3S/c1-11(2)25-14-7-5-13(6-8-14)9-20-17(23)16-12(3)15-18(26-16)21-10-22(4)19(15)24/h5-8,10-11H,9H2,1-4H3,(H,20,23). The van der Waals surface area contributed by atoms with Crippen molar-refractivity contribution in [2.75, 3.05) is 0 Å². The summed E-state index contributed by atoms with van der Waals surface area (Å²) < 4.78 is 7.03. The van der Waals surface area contributed by atoms with E-state index in [-0.39, 0.29) is 17.6 Å². The third-order valence-corrected chi connectivity index (χ3v) is 5.16. The lowest BCUT2D eigenvalue weighted by atomic mass is 10.2. The Morgan fingerprint density at radius 1 is 1.31 bits per heavy atom. The summed E-state index contributed by atoms with van der Waals surface area (Å²) in [6, 6.07) is 7.62. The minimum atomic E-state index is -0.199. The number of ether oxygens (including phenoxy) is 1. The quantitative estimate of drug-likeness (QED) is 0.748. The summed E-state index contributed by atoms with van der Waals surface area (Å²) in [6.07, 6.45) is 1.60. The van der Waals surface area contributed by atoms with Gasteiger partial charge >= 0.3 is 0 Å². The molecule has 2 heterocycles. The second-order valence-corrected chi connectivity index (χ2v) is 7.39. The predicted octanol–water partition coefficient (Wildman–Crippen LogP) is 3.02. The summed E-state index contributed by atoms with van der Waals surface area (Å²) in [7, 11) is 1.65. The number of aryl methyl sites for hydroxylation is 2. The zero-order valence-electron chi connectivity index (χ0n) is 15.2. The summed E-state index contributed by atoms with van der Waals surface area (Å²) in [5, 5.41) is 3.42. The van der Waals surface area contributed by atoms with Gasteiger partial charge in [-0.3, -0.25) is 9.59 Å². The highest BCUT2D eigenvalue weighted by Gasteiger charge is 2.18. The summed E-state index contributed by atoms with van der Waals surface area (Å²) in [4.78, 5) is 30.2. The van der Waals surface area contributed by atoms with Crippen molar-refractivity contribution in [3.63, 3.8) is 0 Å². The summed E-state index contributed by atoms with van der Waals surface area (Å²) in [5.74, 6) is 0.604. The van der Waals surface area contributed by atoms with E-state index in [0.29, 0.717) is 27.2 Å². The van der Waals surface area contributed by atoms with Crippen molar-refractivity contribution in [2.24, 2.45) is 7.05 Å². The number of carbonyl (C=O) groups excluding carboxylic acids is 1. The van der Waals surface area contributed by atoms with E-state index < -0.39 is 0 Å². The van der Waals surface area contributed by atoms with Crippen LogP contribution in [-0.2, 0) is 13.6 Å². The third kappa shape index (κ3) is 3.62. The number of rotatable bonds is 5. The first-order chi connectivity index (χ1) is 12.4. The first-order valence-corrected chi connectivity index (χ1v) is 9.17. The molecule has 2 aromatic heterocycles. The SMILES string of the molecule is Cc1c(C(=O)NCc2ccc(OC(C)C)cc2)sc2ncn(C)c(=O)c12. The van der Waals surface area contributed by atoms with Gasteiger partial charge in [-0.25, -0.2) is 4.98 Å². The lowest BCUT2D eigenvalue weighted by Gasteiger charge is -2.10. The zero-order valence-corrected chi connectivity index (χ0v) is 16.0. The molecule has 3 rings (SSSR count). The van der Waals surface area contributed by atoms with E-state index in [4.69, 9.17) is 4.74 Å². The van der Waals surface area contributed by atoms with Crippen LogP contribution < -0.4 is 15.6 Å². The van der Waals surface area contributed by atoms with Gasteiger partial charge in [-0.05, 0) is 44.0 Å². The van der Waals surface area contributed by atoms with Crippen molar-refractivity contribution in [3.8, 4) is 5.75 Å². The Bertz CT molecular complexity index is 1000. The highest BCUT2D eigenvalue weighted by atomic mass is 32.1. The normalized spacial score (nSPS) is 11.1. The molecule has 0 saturated carbocycles. The van der Waals surface area contributed by atoms with Crippen LogP contribution >= 0.6 is 11.3 Å². The Kier molecular flexibility index (Phi) is 5.08. The molecule has 0 spiro atoms. The van der Waals surface area contributed by atoms with Gasteiger partial charge in [-0.1, -0.05) is 12.1 Å². The van der Waals surface area contributed by atoms with Gasteiger partial charge in [0.25, 0.3) is 11.5 Å². The van der Waals surface area contributed by atoms with Gasteiger partial charge in [0.2, 0.25) is 0 Å². The highest BCUT2D eigenvalue weighted by Crippen LogP contribution is 2.26. The molecule has 0 radical (unpaired) electrons. The molecule has 0 bridgehead atoms. The van der Waals surface area contributed by atoms with Crippen LogP contribution in [0, 0.1) is 6.92 Å². The number of amides is 1. The van der Waals surface area contributed by atoms with Gasteiger partial charge in [0.15, 0.2) is 0 Å². The topological polar surface area (TPSA) is 73.2 Å². The molecule has 0 atom stereocenters. The van der Waals surface area contributed by atoms with Crippen molar-refractivity contribution >= 4 is 27.5 Å². The molecule has 6 nitrogen and oxygen atoms in total. The number of nitrogens with one attached hydrogen (secondary N) is 1. The van der Waals surface area contributed by atoms with E-state index in [1.54, 1.807) is 14.0 Å². The summed E-state index contributed by atoms with van der Waals surface area (Å²) in [6.45, 7) is 6.14. The first-order valence-electron chi connectivity index (χ1n) is 8.35. The van der Waals surface area contributed by atoms with Crippen molar-refractivity contribution < 1.29 is 9.53 Å². The molecule has 136 valence electrons. The number of hydrogen-bond acceptors (Lipinski definition) is 5. The molecule has 3 aromatic rings. The number of carbonyl (C=O) groups is 1. The van der Waals surface area contributed by atoms with Gasteiger partial charge < -0.3 is 14.6 Å². The fraction of sp³-hybridized carbons (Fsp3) is 0.316. The van der Waals surface area contributed by atoms with E-state index in [1.165, 1.54) is 22.2 Å². The molecule has 1 N–H and O–H groups in total. The van der Waals surface area contributed by atoms with Crippen LogP contribution in [0.1, 0.15) is 34.6 Å². The molecular weight excluding hydrogens is 350 g/mol. The van der Waals surface area contributed by atoms with E-state index in [2.05, 4.69) is 10.3 Å². The van der Waals surface area contributed by atoms with Crippen LogP contribution in [0.15, 0.2) is 35.4 Å². The lowest BCUT2D eigenvalue weighted by Crippen LogP contribution is -2.22. The third-order valence-electron chi connectivity index (χ3n) is 3.97. The van der Waals surface area contributed by atoms with E-state index in [0.717, 1.165) is 11.3 Å². The zero-order chi connectivity index (χ0) is 18.8. The fourth-order valence-electron chi connectivity index (χ4n) is 2.65. The van der Waals surface area contributed by atoms with Crippen LogP contribution in [0.3, 0.4) is 0 Å². The average molecular weight is 371 g/mol. The van der Waals surface area contributed by atoms with E-state index in [1.807, 2.05) is 38.1 Å². The monoisotopic (exact) mass is 371 g/mol. The molecule has 0 saturated heterocycles. The predicted molar refractivity (Wildman–Crippen MR) is 103 cm³/mol. The second-order valence-electron chi connectivity index (χ2n) is 6.39. The molecule has 0 unspecified atom stereocenters. The molecule has 7 heteroatoms. The molecule has 0 aliphatic rings. The van der Waals surface area contributed by atoms with Crippen LogP contribution in [-0.4, -0.2) is 21.6 Å². The molecule has 1 aromatic carbocycles. The number of thiophene rings is 1. The maximum atomic E-state index is 12.6. The highest BCUT2D eigenvalue weighted by molar-refractivity contribution is 7.20.